The molecule has 0 aliphatic carbocycles. The second kappa shape index (κ2) is 7.78. The zero-order valence-electron chi connectivity index (χ0n) is 12.9. The largest absolute Gasteiger partial charge is 0.493 e. The molecule has 2 aromatic rings. The van der Waals surface area contributed by atoms with Crippen LogP contribution in [0.1, 0.15) is 33.2 Å². The van der Waals surface area contributed by atoms with Gasteiger partial charge in [0.05, 0.1) is 12.2 Å². The Morgan fingerprint density at radius 3 is 2.35 bits per heavy atom. The molecule has 0 heterocycles. The second-order valence-electron chi connectivity index (χ2n) is 4.85. The molecule has 0 aromatic heterocycles. The van der Waals surface area contributed by atoms with Gasteiger partial charge in [0.15, 0.2) is 0 Å². The van der Waals surface area contributed by atoms with E-state index in [0.29, 0.717) is 23.5 Å². The summed E-state index contributed by atoms with van der Waals surface area (Å²) in [4.78, 5) is 24.3. The van der Waals surface area contributed by atoms with Crippen LogP contribution < -0.4 is 15.6 Å². The van der Waals surface area contributed by atoms with E-state index in [1.54, 1.807) is 30.3 Å². The molecule has 23 heavy (non-hydrogen) atoms. The number of amides is 2. The fourth-order valence-corrected chi connectivity index (χ4v) is 2.28. The van der Waals surface area contributed by atoms with E-state index in [2.05, 4.69) is 26.8 Å². The van der Waals surface area contributed by atoms with Gasteiger partial charge in [0, 0.05) is 10.0 Å². The highest BCUT2D eigenvalue weighted by molar-refractivity contribution is 9.10. The Hall–Kier alpha value is -2.34. The molecule has 0 unspecified atom stereocenters. The molecule has 120 valence electrons. The molecule has 0 aliphatic heterocycles. The fourth-order valence-electron chi connectivity index (χ4n) is 1.92. The van der Waals surface area contributed by atoms with Crippen molar-refractivity contribution in [1.82, 2.24) is 10.9 Å². The van der Waals surface area contributed by atoms with Crippen molar-refractivity contribution in [3.05, 3.63) is 63.6 Å². The number of halogens is 1. The normalized spacial score (nSPS) is 10.0. The molecule has 2 N–H and O–H groups in total. The van der Waals surface area contributed by atoms with Crippen molar-refractivity contribution in [2.45, 2.75) is 13.8 Å². The molecule has 0 saturated heterocycles. The van der Waals surface area contributed by atoms with Gasteiger partial charge in [-0.05, 0) is 44.2 Å². The SMILES string of the molecule is CCOc1ccc(Br)cc1C(=O)NNC(=O)c1ccc(C)cc1. The van der Waals surface area contributed by atoms with E-state index in [1.807, 2.05) is 26.0 Å². The predicted molar refractivity (Wildman–Crippen MR) is 91.4 cm³/mol. The number of ether oxygens (including phenoxy) is 1. The maximum absolute atomic E-state index is 12.3. The lowest BCUT2D eigenvalue weighted by Gasteiger charge is -2.12. The van der Waals surface area contributed by atoms with Crippen LogP contribution in [-0.2, 0) is 0 Å². The number of carbonyl (C=O) groups excluding carboxylic acids is 2. The first-order valence-electron chi connectivity index (χ1n) is 7.11. The summed E-state index contributed by atoms with van der Waals surface area (Å²) in [6, 6.07) is 12.2. The van der Waals surface area contributed by atoms with E-state index >= 15 is 0 Å². The van der Waals surface area contributed by atoms with Crippen molar-refractivity contribution in [1.29, 1.82) is 0 Å². The van der Waals surface area contributed by atoms with Crippen LogP contribution in [-0.4, -0.2) is 18.4 Å². The maximum Gasteiger partial charge on any atom is 0.273 e. The molecule has 5 nitrogen and oxygen atoms in total. The average Bonchev–Trinajstić information content (AvgIpc) is 2.54. The maximum atomic E-state index is 12.3. The molecule has 2 rings (SSSR count). The van der Waals surface area contributed by atoms with Gasteiger partial charge in [0.2, 0.25) is 0 Å². The Bertz CT molecular complexity index is 714. The second-order valence-corrected chi connectivity index (χ2v) is 5.76. The molecule has 0 fully saturated rings. The molecule has 0 saturated carbocycles. The Morgan fingerprint density at radius 1 is 1.04 bits per heavy atom. The summed E-state index contributed by atoms with van der Waals surface area (Å²) < 4.78 is 6.17. The smallest absolute Gasteiger partial charge is 0.273 e. The number of aryl methyl sites for hydroxylation is 1. The number of hydrogen-bond donors (Lipinski definition) is 2. The molecule has 0 atom stereocenters. The van der Waals surface area contributed by atoms with E-state index in [9.17, 15) is 9.59 Å². The van der Waals surface area contributed by atoms with Crippen LogP contribution in [0.2, 0.25) is 0 Å². The summed E-state index contributed by atoms with van der Waals surface area (Å²) in [6.45, 7) is 4.21. The van der Waals surface area contributed by atoms with Crippen molar-refractivity contribution in [2.75, 3.05) is 6.61 Å². The summed E-state index contributed by atoms with van der Waals surface area (Å²) in [6.07, 6.45) is 0. The quantitative estimate of drug-likeness (QED) is 0.804. The van der Waals surface area contributed by atoms with Gasteiger partial charge in [-0.25, -0.2) is 0 Å². The van der Waals surface area contributed by atoms with E-state index in [-0.39, 0.29) is 5.91 Å². The van der Waals surface area contributed by atoms with Crippen LogP contribution in [0.3, 0.4) is 0 Å². The van der Waals surface area contributed by atoms with Gasteiger partial charge in [0.25, 0.3) is 11.8 Å². The number of hydrazine groups is 1. The first-order valence-corrected chi connectivity index (χ1v) is 7.90. The monoisotopic (exact) mass is 376 g/mol. The average molecular weight is 377 g/mol. The van der Waals surface area contributed by atoms with Gasteiger partial charge in [-0.1, -0.05) is 33.6 Å². The summed E-state index contributed by atoms with van der Waals surface area (Å²) in [5.74, 6) is -0.376. The van der Waals surface area contributed by atoms with E-state index in [0.717, 1.165) is 10.0 Å². The molecule has 2 aromatic carbocycles. The highest BCUT2D eigenvalue weighted by atomic mass is 79.9. The van der Waals surface area contributed by atoms with Gasteiger partial charge in [-0.2, -0.15) is 0 Å². The molecular formula is C17H17BrN2O3. The number of rotatable bonds is 4. The van der Waals surface area contributed by atoms with Crippen molar-refractivity contribution >= 4 is 27.7 Å². The van der Waals surface area contributed by atoms with Crippen LogP contribution in [0.4, 0.5) is 0 Å². The minimum absolute atomic E-state index is 0.338. The molecule has 6 heteroatoms. The third-order valence-electron chi connectivity index (χ3n) is 3.09. The Morgan fingerprint density at radius 2 is 1.70 bits per heavy atom. The van der Waals surface area contributed by atoms with Crippen molar-refractivity contribution in [3.8, 4) is 5.75 Å². The third kappa shape index (κ3) is 4.56. The number of carbonyl (C=O) groups is 2. The topological polar surface area (TPSA) is 67.4 Å². The summed E-state index contributed by atoms with van der Waals surface area (Å²) in [5.41, 5.74) is 6.66. The first kappa shape index (κ1) is 17.0. The molecule has 0 bridgehead atoms. The predicted octanol–water partition coefficient (Wildman–Crippen LogP) is 3.23. The van der Waals surface area contributed by atoms with Gasteiger partial charge >= 0.3 is 0 Å². The Labute approximate surface area is 143 Å². The molecule has 0 aliphatic rings. The van der Waals surface area contributed by atoms with Crippen LogP contribution in [0.15, 0.2) is 46.9 Å². The van der Waals surface area contributed by atoms with Crippen molar-refractivity contribution < 1.29 is 14.3 Å². The van der Waals surface area contributed by atoms with E-state index in [4.69, 9.17) is 4.74 Å². The Balaban J connectivity index is 2.06. The van der Waals surface area contributed by atoms with Crippen LogP contribution in [0.25, 0.3) is 0 Å². The van der Waals surface area contributed by atoms with Gasteiger partial charge in [0.1, 0.15) is 5.75 Å². The lowest BCUT2D eigenvalue weighted by Crippen LogP contribution is -2.41. The zero-order valence-corrected chi connectivity index (χ0v) is 14.4. The summed E-state index contributed by atoms with van der Waals surface area (Å²) >= 11 is 3.32. The summed E-state index contributed by atoms with van der Waals surface area (Å²) in [5, 5.41) is 0. The molecule has 0 spiro atoms. The highest BCUT2D eigenvalue weighted by Gasteiger charge is 2.14. The van der Waals surface area contributed by atoms with Crippen LogP contribution in [0.5, 0.6) is 5.75 Å². The molecule has 0 radical (unpaired) electrons. The Kier molecular flexibility index (Phi) is 5.76. The van der Waals surface area contributed by atoms with E-state index < -0.39 is 5.91 Å². The summed E-state index contributed by atoms with van der Waals surface area (Å²) in [7, 11) is 0. The number of hydrogen-bond acceptors (Lipinski definition) is 3. The lowest BCUT2D eigenvalue weighted by molar-refractivity contribution is 0.0844. The van der Waals surface area contributed by atoms with Gasteiger partial charge in [-0.3, -0.25) is 20.4 Å². The first-order chi connectivity index (χ1) is 11.0. The third-order valence-corrected chi connectivity index (χ3v) is 3.58. The van der Waals surface area contributed by atoms with E-state index in [1.165, 1.54) is 0 Å². The highest BCUT2D eigenvalue weighted by Crippen LogP contribution is 2.23. The van der Waals surface area contributed by atoms with Crippen LogP contribution in [0, 0.1) is 6.92 Å². The zero-order chi connectivity index (χ0) is 16.8. The number of nitrogens with one attached hydrogen (secondary N) is 2. The van der Waals surface area contributed by atoms with Gasteiger partial charge in [-0.15, -0.1) is 0 Å². The standard InChI is InChI=1S/C17H17BrN2O3/c1-3-23-15-9-8-13(18)10-14(15)17(22)20-19-16(21)12-6-4-11(2)5-7-12/h4-10H,3H2,1-2H3,(H,19,21)(H,20,22). The number of benzene rings is 2. The lowest BCUT2D eigenvalue weighted by atomic mass is 10.1. The fraction of sp³-hybridized carbons (Fsp3) is 0.176. The van der Waals surface area contributed by atoms with Crippen LogP contribution >= 0.6 is 15.9 Å². The molecular weight excluding hydrogens is 360 g/mol. The molecule has 2 amide bonds. The minimum atomic E-state index is -0.449. The minimum Gasteiger partial charge on any atom is -0.493 e. The van der Waals surface area contributed by atoms with Gasteiger partial charge < -0.3 is 4.74 Å². The van der Waals surface area contributed by atoms with Crippen molar-refractivity contribution in [2.24, 2.45) is 0 Å². The van der Waals surface area contributed by atoms with Crippen molar-refractivity contribution in [3.63, 3.8) is 0 Å².